The van der Waals surface area contributed by atoms with Gasteiger partial charge < -0.3 is 10.9 Å². The first-order chi connectivity index (χ1) is 5.75. The van der Waals surface area contributed by atoms with E-state index in [4.69, 9.17) is 10.9 Å². The molecule has 12 heavy (non-hydrogen) atoms. The van der Waals surface area contributed by atoms with Crippen molar-refractivity contribution in [2.45, 2.75) is 0 Å². The van der Waals surface area contributed by atoms with Gasteiger partial charge in [-0.1, -0.05) is 0 Å². The lowest BCUT2D eigenvalue weighted by Crippen LogP contribution is -2.16. The van der Waals surface area contributed by atoms with Crippen molar-refractivity contribution in [2.24, 2.45) is 10.9 Å². The van der Waals surface area contributed by atoms with Crippen LogP contribution in [0.3, 0.4) is 0 Å². The second-order valence-electron chi connectivity index (χ2n) is 2.02. The summed E-state index contributed by atoms with van der Waals surface area (Å²) in [5, 5.41) is 11.7. The molecule has 5 nitrogen and oxygen atoms in total. The van der Waals surface area contributed by atoms with Gasteiger partial charge in [0.25, 0.3) is 0 Å². The van der Waals surface area contributed by atoms with Gasteiger partial charge in [-0.2, -0.15) is 5.10 Å². The van der Waals surface area contributed by atoms with Crippen molar-refractivity contribution < 1.29 is 9.90 Å². The summed E-state index contributed by atoms with van der Waals surface area (Å²) in [7, 11) is 0. The maximum atomic E-state index is 10.5. The Labute approximate surface area is 68.5 Å². The lowest BCUT2D eigenvalue weighted by Gasteiger charge is -1.96. The fourth-order valence-corrected chi connectivity index (χ4v) is 0.756. The number of aromatic nitrogens is 1. The number of hydrazone groups is 1. The van der Waals surface area contributed by atoms with Crippen LogP contribution in [0.15, 0.2) is 29.6 Å². The normalized spacial score (nSPS) is 11.2. The third-order valence-corrected chi connectivity index (χ3v) is 1.27. The molecule has 1 rings (SSSR count). The van der Waals surface area contributed by atoms with Gasteiger partial charge in [-0.25, -0.2) is 4.79 Å². The van der Waals surface area contributed by atoms with E-state index in [0.717, 1.165) is 0 Å². The van der Waals surface area contributed by atoms with Gasteiger partial charge in [-0.05, 0) is 12.1 Å². The Kier molecular flexibility index (Phi) is 2.37. The predicted molar refractivity (Wildman–Crippen MR) is 42.6 cm³/mol. The van der Waals surface area contributed by atoms with Gasteiger partial charge in [-0.15, -0.1) is 0 Å². The Balaban J connectivity index is 3.05. The molecular formula is C7H7N3O2. The Morgan fingerprint density at radius 3 is 2.83 bits per heavy atom. The third-order valence-electron chi connectivity index (χ3n) is 1.27. The number of nitrogens with two attached hydrogens (primary N) is 1. The zero-order valence-electron chi connectivity index (χ0n) is 6.14. The van der Waals surface area contributed by atoms with E-state index in [2.05, 4.69) is 10.1 Å². The molecule has 0 aliphatic heterocycles. The van der Waals surface area contributed by atoms with Crippen molar-refractivity contribution in [3.8, 4) is 0 Å². The van der Waals surface area contributed by atoms with E-state index in [1.807, 2.05) is 0 Å². The van der Waals surface area contributed by atoms with Crippen molar-refractivity contribution in [1.82, 2.24) is 4.98 Å². The van der Waals surface area contributed by atoms with Crippen molar-refractivity contribution in [3.05, 3.63) is 30.1 Å². The average molecular weight is 165 g/mol. The smallest absolute Gasteiger partial charge is 0.356 e. The minimum Gasteiger partial charge on any atom is -0.476 e. The number of carbonyl (C=O) groups is 1. The molecule has 62 valence electrons. The van der Waals surface area contributed by atoms with E-state index in [1.54, 1.807) is 18.3 Å². The molecular weight excluding hydrogens is 158 g/mol. The van der Waals surface area contributed by atoms with Crippen LogP contribution in [-0.2, 0) is 4.79 Å². The number of carboxylic acids is 1. The third kappa shape index (κ3) is 1.57. The average Bonchev–Trinajstić information content (AvgIpc) is 2.07. The molecule has 1 aromatic rings. The Bertz CT molecular complexity index is 308. The monoisotopic (exact) mass is 165 g/mol. The summed E-state index contributed by atoms with van der Waals surface area (Å²) in [6, 6.07) is 3.19. The van der Waals surface area contributed by atoms with E-state index in [-0.39, 0.29) is 5.71 Å². The SMILES string of the molecule is N/N=C(\C(=O)O)c1cccnc1. The summed E-state index contributed by atoms with van der Waals surface area (Å²) >= 11 is 0. The van der Waals surface area contributed by atoms with Crippen molar-refractivity contribution in [2.75, 3.05) is 0 Å². The second kappa shape index (κ2) is 3.47. The number of hydrogen-bond acceptors (Lipinski definition) is 4. The molecule has 3 N–H and O–H groups in total. The Hall–Kier alpha value is -1.91. The number of nitrogens with zero attached hydrogens (tertiary/aromatic N) is 2. The highest BCUT2D eigenvalue weighted by molar-refractivity contribution is 6.42. The van der Waals surface area contributed by atoms with Gasteiger partial charge in [0.15, 0.2) is 5.71 Å². The minimum atomic E-state index is -1.16. The molecule has 1 aromatic heterocycles. The molecule has 1 heterocycles. The van der Waals surface area contributed by atoms with Crippen molar-refractivity contribution >= 4 is 11.7 Å². The van der Waals surface area contributed by atoms with Crippen LogP contribution in [0.1, 0.15) is 5.56 Å². The molecule has 0 spiro atoms. The van der Waals surface area contributed by atoms with Gasteiger partial charge in [0, 0.05) is 18.0 Å². The van der Waals surface area contributed by atoms with Crippen LogP contribution in [0.2, 0.25) is 0 Å². The van der Waals surface area contributed by atoms with Crippen molar-refractivity contribution in [1.29, 1.82) is 0 Å². The first kappa shape index (κ1) is 8.19. The quantitative estimate of drug-likeness (QED) is 0.361. The summed E-state index contributed by atoms with van der Waals surface area (Å²) in [5.41, 5.74) is 0.204. The predicted octanol–water partition coefficient (Wildman–Crippen LogP) is -0.171. The summed E-state index contributed by atoms with van der Waals surface area (Å²) in [4.78, 5) is 14.2. The van der Waals surface area contributed by atoms with Crippen molar-refractivity contribution in [3.63, 3.8) is 0 Å². The second-order valence-corrected chi connectivity index (χ2v) is 2.02. The Morgan fingerprint density at radius 1 is 1.67 bits per heavy atom. The molecule has 5 heteroatoms. The van der Waals surface area contributed by atoms with Gasteiger partial charge in [-0.3, -0.25) is 4.98 Å². The van der Waals surface area contributed by atoms with Crippen LogP contribution in [0.4, 0.5) is 0 Å². The van der Waals surface area contributed by atoms with Crippen LogP contribution < -0.4 is 5.84 Å². The lowest BCUT2D eigenvalue weighted by molar-refractivity contribution is -0.129. The van der Waals surface area contributed by atoms with Crippen LogP contribution >= 0.6 is 0 Å². The fraction of sp³-hybridized carbons (Fsp3) is 0. The maximum Gasteiger partial charge on any atom is 0.356 e. The number of hydrogen-bond donors (Lipinski definition) is 2. The van der Waals surface area contributed by atoms with Gasteiger partial charge in [0.05, 0.1) is 0 Å². The highest BCUT2D eigenvalue weighted by Crippen LogP contribution is 1.97. The number of rotatable bonds is 2. The van der Waals surface area contributed by atoms with Crippen LogP contribution in [0.5, 0.6) is 0 Å². The first-order valence-electron chi connectivity index (χ1n) is 3.17. The van der Waals surface area contributed by atoms with Crippen LogP contribution in [0.25, 0.3) is 0 Å². The van der Waals surface area contributed by atoms with E-state index >= 15 is 0 Å². The molecule has 0 aliphatic rings. The fourth-order valence-electron chi connectivity index (χ4n) is 0.756. The molecule has 0 aliphatic carbocycles. The topological polar surface area (TPSA) is 88.6 Å². The largest absolute Gasteiger partial charge is 0.476 e. The standard InChI is InChI=1S/C7H7N3O2/c8-10-6(7(11)12)5-2-1-3-9-4-5/h1-4H,8H2,(H,11,12)/b10-6-. The zero-order valence-corrected chi connectivity index (χ0v) is 6.14. The molecule has 0 saturated carbocycles. The molecule has 0 saturated heterocycles. The maximum absolute atomic E-state index is 10.5. The van der Waals surface area contributed by atoms with E-state index < -0.39 is 5.97 Å². The lowest BCUT2D eigenvalue weighted by atomic mass is 10.2. The molecule has 0 bridgehead atoms. The summed E-state index contributed by atoms with van der Waals surface area (Å²) in [6.07, 6.45) is 2.93. The number of carboxylic acid groups (broad SMARTS) is 1. The first-order valence-corrected chi connectivity index (χ1v) is 3.17. The molecule has 0 unspecified atom stereocenters. The zero-order chi connectivity index (χ0) is 8.97. The molecule has 0 radical (unpaired) electrons. The van der Waals surface area contributed by atoms with Crippen LogP contribution in [0, 0.1) is 0 Å². The van der Waals surface area contributed by atoms with E-state index in [9.17, 15) is 4.79 Å². The van der Waals surface area contributed by atoms with Gasteiger partial charge in [0.1, 0.15) is 0 Å². The minimum absolute atomic E-state index is 0.192. The molecule has 0 aromatic carbocycles. The summed E-state index contributed by atoms with van der Waals surface area (Å²) < 4.78 is 0. The van der Waals surface area contributed by atoms with E-state index in [1.165, 1.54) is 6.20 Å². The molecule has 0 atom stereocenters. The van der Waals surface area contributed by atoms with E-state index in [0.29, 0.717) is 5.56 Å². The van der Waals surface area contributed by atoms with Gasteiger partial charge in [0.2, 0.25) is 0 Å². The highest BCUT2D eigenvalue weighted by Gasteiger charge is 2.10. The molecule has 0 amide bonds. The highest BCUT2D eigenvalue weighted by atomic mass is 16.4. The van der Waals surface area contributed by atoms with Gasteiger partial charge >= 0.3 is 5.97 Å². The Morgan fingerprint density at radius 2 is 2.42 bits per heavy atom. The summed E-state index contributed by atoms with van der Waals surface area (Å²) in [6.45, 7) is 0. The van der Waals surface area contributed by atoms with Crippen LogP contribution in [-0.4, -0.2) is 21.8 Å². The number of aliphatic carboxylic acids is 1. The summed E-state index contributed by atoms with van der Waals surface area (Å²) in [5.74, 6) is 3.72. The number of pyridine rings is 1. The molecule has 0 fully saturated rings.